The van der Waals surface area contributed by atoms with Gasteiger partial charge in [-0.05, 0) is 18.9 Å². The molecular weight excluding hydrogens is 312 g/mol. The van der Waals surface area contributed by atoms with Gasteiger partial charge in [0.05, 0.1) is 12.1 Å². The highest BCUT2D eigenvalue weighted by molar-refractivity contribution is 5.96. The Morgan fingerprint density at radius 2 is 1.76 bits per heavy atom. The van der Waals surface area contributed by atoms with Gasteiger partial charge in [-0.25, -0.2) is 4.98 Å². The Balaban J connectivity index is 1.91. The fourth-order valence-corrected chi connectivity index (χ4v) is 2.99. The third kappa shape index (κ3) is 6.04. The Bertz CT molecular complexity index is 596. The van der Waals surface area contributed by atoms with E-state index in [1.807, 2.05) is 37.3 Å². The smallest absolute Gasteiger partial charge is 0.304 e. The quantitative estimate of drug-likeness (QED) is 0.502. The van der Waals surface area contributed by atoms with Crippen molar-refractivity contribution in [3.05, 3.63) is 48.4 Å². The highest BCUT2D eigenvalue weighted by atomic mass is 16.4. The highest BCUT2D eigenvalue weighted by Crippen LogP contribution is 2.22. The predicted molar refractivity (Wildman–Crippen MR) is 102 cm³/mol. The predicted octanol–water partition coefficient (Wildman–Crippen LogP) is 5.56. The normalized spacial score (nSPS) is 12.1. The topological polar surface area (TPSA) is 46.3 Å². The molecule has 1 aromatic carbocycles. The van der Waals surface area contributed by atoms with E-state index in [2.05, 4.69) is 11.9 Å². The van der Waals surface area contributed by atoms with E-state index in [0.717, 1.165) is 18.4 Å². The van der Waals surface area contributed by atoms with Crippen LogP contribution >= 0.6 is 0 Å². The van der Waals surface area contributed by atoms with Crippen molar-refractivity contribution in [2.45, 2.75) is 64.7 Å². The Morgan fingerprint density at radius 3 is 2.40 bits per heavy atom. The molecule has 4 nitrogen and oxygen atoms in total. The maximum absolute atomic E-state index is 13.0. The van der Waals surface area contributed by atoms with E-state index in [1.54, 1.807) is 11.1 Å². The molecule has 0 aliphatic carbocycles. The van der Waals surface area contributed by atoms with Gasteiger partial charge in [0.15, 0.2) is 0 Å². The van der Waals surface area contributed by atoms with Crippen molar-refractivity contribution in [3.63, 3.8) is 0 Å². The van der Waals surface area contributed by atoms with E-state index in [1.165, 1.54) is 38.4 Å². The molecule has 136 valence electrons. The molecule has 0 N–H and O–H groups in total. The van der Waals surface area contributed by atoms with Crippen molar-refractivity contribution >= 4 is 11.9 Å². The summed E-state index contributed by atoms with van der Waals surface area (Å²) in [4.78, 5) is 18.9. The van der Waals surface area contributed by atoms with Crippen LogP contribution < -0.4 is 4.90 Å². The summed E-state index contributed by atoms with van der Waals surface area (Å²) in [5.41, 5.74) is 1.02. The van der Waals surface area contributed by atoms with Gasteiger partial charge < -0.3 is 4.42 Å². The summed E-state index contributed by atoms with van der Waals surface area (Å²) in [7, 11) is 0. The second-order valence-corrected chi connectivity index (χ2v) is 6.56. The Hall–Kier alpha value is -2.10. The van der Waals surface area contributed by atoms with Gasteiger partial charge in [0.2, 0.25) is 5.91 Å². The molecule has 0 aliphatic rings. The lowest BCUT2D eigenvalue weighted by atomic mass is 9.99. The molecule has 25 heavy (non-hydrogen) atoms. The van der Waals surface area contributed by atoms with Crippen LogP contribution in [-0.2, 0) is 4.79 Å². The van der Waals surface area contributed by atoms with E-state index in [4.69, 9.17) is 4.42 Å². The van der Waals surface area contributed by atoms with Crippen LogP contribution in [-0.4, -0.2) is 17.4 Å². The van der Waals surface area contributed by atoms with E-state index in [-0.39, 0.29) is 11.8 Å². The Kier molecular flexibility index (Phi) is 8.23. The number of rotatable bonds is 11. The second kappa shape index (κ2) is 10.7. The summed E-state index contributed by atoms with van der Waals surface area (Å²) in [6.07, 6.45) is 11.6. The summed E-state index contributed by atoms with van der Waals surface area (Å²) in [5, 5.41) is 0. The molecule has 2 rings (SSSR count). The minimum absolute atomic E-state index is 0.0413. The number of aromatic nitrogens is 1. The zero-order valence-corrected chi connectivity index (χ0v) is 15.5. The molecule has 1 amide bonds. The van der Waals surface area contributed by atoms with Crippen molar-refractivity contribution in [2.75, 3.05) is 11.4 Å². The molecule has 1 aromatic heterocycles. The molecule has 0 bridgehead atoms. The first-order chi connectivity index (χ1) is 12.2. The molecule has 1 atom stereocenters. The van der Waals surface area contributed by atoms with E-state index in [0.29, 0.717) is 12.6 Å². The first kappa shape index (κ1) is 19.2. The number of unbranched alkanes of at least 4 members (excludes halogenated alkanes) is 6. The number of carbonyl (C=O) groups is 1. The van der Waals surface area contributed by atoms with Crippen molar-refractivity contribution in [1.82, 2.24) is 4.98 Å². The molecule has 0 aliphatic heterocycles. The van der Waals surface area contributed by atoms with Crippen LogP contribution in [0.1, 0.15) is 70.3 Å². The molecule has 0 saturated heterocycles. The lowest BCUT2D eigenvalue weighted by Crippen LogP contribution is -2.35. The van der Waals surface area contributed by atoms with Gasteiger partial charge in [0.25, 0.3) is 0 Å². The van der Waals surface area contributed by atoms with Gasteiger partial charge in [-0.2, -0.15) is 0 Å². The number of amides is 1. The molecule has 1 heterocycles. The molecule has 0 fully saturated rings. The fraction of sp³-hybridized carbons (Fsp3) is 0.524. The molecule has 0 spiro atoms. The van der Waals surface area contributed by atoms with E-state index >= 15 is 0 Å². The average molecular weight is 342 g/mol. The lowest BCUT2D eigenvalue weighted by Gasteiger charge is -2.22. The monoisotopic (exact) mass is 342 g/mol. The zero-order valence-electron chi connectivity index (χ0n) is 15.5. The summed E-state index contributed by atoms with van der Waals surface area (Å²) in [6.45, 7) is 4.83. The average Bonchev–Trinajstić information content (AvgIpc) is 3.18. The molecule has 4 heteroatoms. The summed E-state index contributed by atoms with van der Waals surface area (Å²) in [6, 6.07) is 10.3. The standard InChI is InChI=1S/C21H30N2O2/c1-3-4-5-6-7-8-12-16-23(21-22-15-17-25-21)20(24)18(2)19-13-10-9-11-14-19/h9-11,13-15,17-18H,3-8,12,16H2,1-2H3. The number of hydrogen-bond acceptors (Lipinski definition) is 3. The maximum Gasteiger partial charge on any atom is 0.304 e. The minimum Gasteiger partial charge on any atom is -0.432 e. The van der Waals surface area contributed by atoms with Crippen LogP contribution in [0.25, 0.3) is 0 Å². The Labute approximate surface area is 151 Å². The molecule has 1 unspecified atom stereocenters. The number of hydrogen-bond donors (Lipinski definition) is 0. The van der Waals surface area contributed by atoms with Gasteiger partial charge in [-0.3, -0.25) is 9.69 Å². The zero-order chi connectivity index (χ0) is 17.9. The SMILES string of the molecule is CCCCCCCCCN(C(=O)C(C)c1ccccc1)c1ncco1. The summed E-state index contributed by atoms with van der Waals surface area (Å²) in [5.74, 6) is -0.169. The number of benzene rings is 1. The summed E-state index contributed by atoms with van der Waals surface area (Å²) >= 11 is 0. The summed E-state index contributed by atoms with van der Waals surface area (Å²) < 4.78 is 5.41. The first-order valence-electron chi connectivity index (χ1n) is 9.50. The van der Waals surface area contributed by atoms with Gasteiger partial charge in [0.1, 0.15) is 6.26 Å². The van der Waals surface area contributed by atoms with Crippen LogP contribution in [0.2, 0.25) is 0 Å². The van der Waals surface area contributed by atoms with Crippen LogP contribution in [0.15, 0.2) is 47.2 Å². The minimum atomic E-state index is -0.211. The molecule has 0 radical (unpaired) electrons. The van der Waals surface area contributed by atoms with Crippen molar-refractivity contribution in [2.24, 2.45) is 0 Å². The van der Waals surface area contributed by atoms with Gasteiger partial charge in [0, 0.05) is 6.54 Å². The second-order valence-electron chi connectivity index (χ2n) is 6.56. The molecule has 2 aromatic rings. The number of oxazole rings is 1. The van der Waals surface area contributed by atoms with Crippen LogP contribution in [0, 0.1) is 0 Å². The van der Waals surface area contributed by atoms with Gasteiger partial charge in [-0.1, -0.05) is 75.8 Å². The molecular formula is C21H30N2O2. The Morgan fingerprint density at radius 1 is 1.08 bits per heavy atom. The van der Waals surface area contributed by atoms with Crippen molar-refractivity contribution < 1.29 is 9.21 Å². The van der Waals surface area contributed by atoms with Gasteiger partial charge in [-0.15, -0.1) is 0 Å². The number of anilines is 1. The van der Waals surface area contributed by atoms with Crippen molar-refractivity contribution in [1.29, 1.82) is 0 Å². The maximum atomic E-state index is 13.0. The third-order valence-electron chi connectivity index (χ3n) is 4.57. The number of nitrogens with zero attached hydrogens (tertiary/aromatic N) is 2. The van der Waals surface area contributed by atoms with Crippen LogP contribution in [0.4, 0.5) is 6.01 Å². The third-order valence-corrected chi connectivity index (χ3v) is 4.57. The van der Waals surface area contributed by atoms with Crippen molar-refractivity contribution in [3.8, 4) is 0 Å². The first-order valence-corrected chi connectivity index (χ1v) is 9.50. The van der Waals surface area contributed by atoms with Crippen LogP contribution in [0.5, 0.6) is 0 Å². The highest BCUT2D eigenvalue weighted by Gasteiger charge is 2.25. The van der Waals surface area contributed by atoms with Gasteiger partial charge >= 0.3 is 6.01 Å². The largest absolute Gasteiger partial charge is 0.432 e. The van der Waals surface area contributed by atoms with E-state index in [9.17, 15) is 4.79 Å². The van der Waals surface area contributed by atoms with Crippen LogP contribution in [0.3, 0.4) is 0 Å². The lowest BCUT2D eigenvalue weighted by molar-refractivity contribution is -0.119. The van der Waals surface area contributed by atoms with E-state index < -0.39 is 0 Å². The number of carbonyl (C=O) groups excluding carboxylic acids is 1. The molecule has 0 saturated carbocycles. The fourth-order valence-electron chi connectivity index (χ4n) is 2.99.